The number of nitrogens with zero attached hydrogens (tertiary/aromatic N) is 1. The molecule has 15 heavy (non-hydrogen) atoms. The Labute approximate surface area is 103 Å². The summed E-state index contributed by atoms with van der Waals surface area (Å²) < 4.78 is 5.84. The molecule has 0 aromatic carbocycles. The quantitative estimate of drug-likeness (QED) is 0.775. The molecule has 1 fully saturated rings. The van der Waals surface area contributed by atoms with Gasteiger partial charge in [-0.3, -0.25) is 4.98 Å². The molecule has 2 unspecified atom stereocenters. The fourth-order valence-corrected chi connectivity index (χ4v) is 2.46. The summed E-state index contributed by atoms with van der Waals surface area (Å²) in [5.41, 5.74) is 0.169. The van der Waals surface area contributed by atoms with E-state index in [9.17, 15) is 0 Å². The third kappa shape index (κ3) is 2.13. The first-order valence-corrected chi connectivity index (χ1v) is 6.21. The second-order valence-electron chi connectivity index (χ2n) is 4.47. The summed E-state index contributed by atoms with van der Waals surface area (Å²) in [4.78, 5) is 4.52. The molecule has 2 nitrogen and oxygen atoms in total. The Morgan fingerprint density at radius 1 is 1.53 bits per heavy atom. The fraction of sp³-hybridized carbons (Fsp3) is 0.545. The maximum absolute atomic E-state index is 5.84. The van der Waals surface area contributed by atoms with Gasteiger partial charge in [0.2, 0.25) is 0 Å². The van der Waals surface area contributed by atoms with Crippen molar-refractivity contribution in [1.82, 2.24) is 4.98 Å². The highest BCUT2D eigenvalue weighted by atomic mass is 79.9. The van der Waals surface area contributed by atoms with Crippen LogP contribution in [0, 0.1) is 5.41 Å². The summed E-state index contributed by atoms with van der Waals surface area (Å²) in [7, 11) is 0. The van der Waals surface area contributed by atoms with Gasteiger partial charge in [-0.15, -0.1) is 0 Å². The fourth-order valence-electron chi connectivity index (χ4n) is 1.66. The molecule has 82 valence electrons. The van der Waals surface area contributed by atoms with Gasteiger partial charge < -0.3 is 4.74 Å². The predicted octanol–water partition coefficient (Wildman–Crippen LogP) is 3.68. The van der Waals surface area contributed by atoms with Crippen molar-refractivity contribution in [1.29, 1.82) is 0 Å². The van der Waals surface area contributed by atoms with Gasteiger partial charge in [0.05, 0.1) is 11.2 Å². The number of hydrogen-bond acceptors (Lipinski definition) is 2. The molecule has 1 aliphatic rings. The third-order valence-electron chi connectivity index (χ3n) is 3.02. The highest BCUT2D eigenvalue weighted by molar-refractivity contribution is 9.09. The third-order valence-corrected chi connectivity index (χ3v) is 4.78. The van der Waals surface area contributed by atoms with Gasteiger partial charge in [-0.05, 0) is 6.42 Å². The van der Waals surface area contributed by atoms with Crippen molar-refractivity contribution in [3.8, 4) is 5.75 Å². The second-order valence-corrected chi connectivity index (χ2v) is 6.01. The summed E-state index contributed by atoms with van der Waals surface area (Å²) in [6.07, 6.45) is 4.57. The van der Waals surface area contributed by atoms with Crippen molar-refractivity contribution in [3.05, 3.63) is 23.5 Å². The number of rotatable bonds is 2. The van der Waals surface area contributed by atoms with E-state index in [0.29, 0.717) is 9.85 Å². The van der Waals surface area contributed by atoms with Crippen LogP contribution in [-0.2, 0) is 0 Å². The van der Waals surface area contributed by atoms with Crippen LogP contribution in [-0.4, -0.2) is 15.9 Å². The molecular formula is C11H13BrClNO. The Kier molecular flexibility index (Phi) is 2.95. The number of alkyl halides is 1. The Morgan fingerprint density at radius 2 is 2.27 bits per heavy atom. The van der Waals surface area contributed by atoms with E-state index in [1.54, 1.807) is 18.5 Å². The Morgan fingerprint density at radius 3 is 2.80 bits per heavy atom. The summed E-state index contributed by atoms with van der Waals surface area (Å²) in [5.74, 6) is 0.750. The summed E-state index contributed by atoms with van der Waals surface area (Å²) in [5, 5.41) is 0.611. The van der Waals surface area contributed by atoms with Crippen molar-refractivity contribution in [2.24, 2.45) is 5.41 Å². The standard InChI is InChI=1S/C11H13BrClNO/c1-11(2)9(12)4-10(11)15-8-3-7(13)5-14-6-8/h3,5-6,9-10H,4H2,1-2H3. The molecule has 0 amide bonds. The van der Waals surface area contributed by atoms with Crippen LogP contribution in [0.25, 0.3) is 0 Å². The first-order chi connectivity index (χ1) is 7.00. The van der Waals surface area contributed by atoms with Crippen LogP contribution >= 0.6 is 27.5 Å². The van der Waals surface area contributed by atoms with Crippen molar-refractivity contribution in [2.75, 3.05) is 0 Å². The maximum atomic E-state index is 5.84. The zero-order valence-electron chi connectivity index (χ0n) is 8.71. The van der Waals surface area contributed by atoms with E-state index in [2.05, 4.69) is 34.8 Å². The largest absolute Gasteiger partial charge is 0.488 e. The lowest BCUT2D eigenvalue weighted by Gasteiger charge is -2.48. The van der Waals surface area contributed by atoms with Gasteiger partial charge in [0.1, 0.15) is 11.9 Å². The van der Waals surface area contributed by atoms with Crippen molar-refractivity contribution in [3.63, 3.8) is 0 Å². The highest BCUT2D eigenvalue weighted by Crippen LogP contribution is 2.47. The second kappa shape index (κ2) is 3.95. The zero-order valence-corrected chi connectivity index (χ0v) is 11.0. The van der Waals surface area contributed by atoms with Gasteiger partial charge in [-0.2, -0.15) is 0 Å². The zero-order chi connectivity index (χ0) is 11.1. The van der Waals surface area contributed by atoms with E-state index in [1.807, 2.05) is 0 Å². The predicted molar refractivity (Wildman–Crippen MR) is 64.8 cm³/mol. The van der Waals surface area contributed by atoms with E-state index in [1.165, 1.54) is 0 Å². The Balaban J connectivity index is 2.05. The molecule has 0 radical (unpaired) electrons. The number of ether oxygens (including phenoxy) is 1. The molecule has 4 heteroatoms. The maximum Gasteiger partial charge on any atom is 0.139 e. The van der Waals surface area contributed by atoms with Gasteiger partial charge >= 0.3 is 0 Å². The number of halogens is 2. The van der Waals surface area contributed by atoms with E-state index in [0.717, 1.165) is 12.2 Å². The molecule has 1 saturated carbocycles. The molecule has 0 saturated heterocycles. The Bertz CT molecular complexity index is 369. The molecule has 1 aliphatic carbocycles. The van der Waals surface area contributed by atoms with Gasteiger partial charge in [-0.25, -0.2) is 0 Å². The molecule has 1 heterocycles. The van der Waals surface area contributed by atoms with E-state index in [4.69, 9.17) is 16.3 Å². The first kappa shape index (κ1) is 11.2. The minimum atomic E-state index is 0.169. The smallest absolute Gasteiger partial charge is 0.139 e. The summed E-state index contributed by atoms with van der Waals surface area (Å²) in [6, 6.07) is 1.80. The van der Waals surface area contributed by atoms with Crippen molar-refractivity contribution in [2.45, 2.75) is 31.2 Å². The lowest BCUT2D eigenvalue weighted by Crippen LogP contribution is -2.53. The highest BCUT2D eigenvalue weighted by Gasteiger charge is 2.48. The lowest BCUT2D eigenvalue weighted by atomic mass is 9.69. The van der Waals surface area contributed by atoms with Gasteiger partial charge in [-0.1, -0.05) is 41.4 Å². The molecule has 1 aromatic rings. The van der Waals surface area contributed by atoms with E-state index >= 15 is 0 Å². The topological polar surface area (TPSA) is 22.1 Å². The molecule has 2 atom stereocenters. The number of aromatic nitrogens is 1. The minimum Gasteiger partial charge on any atom is -0.488 e. The minimum absolute atomic E-state index is 0.169. The van der Waals surface area contributed by atoms with E-state index in [-0.39, 0.29) is 11.5 Å². The van der Waals surface area contributed by atoms with Crippen molar-refractivity contribution < 1.29 is 4.74 Å². The Hall–Kier alpha value is -0.280. The molecule has 2 rings (SSSR count). The normalized spacial score (nSPS) is 28.3. The summed E-state index contributed by atoms with van der Waals surface area (Å²) in [6.45, 7) is 4.39. The summed E-state index contributed by atoms with van der Waals surface area (Å²) >= 11 is 9.47. The van der Waals surface area contributed by atoms with Gasteiger partial charge in [0.15, 0.2) is 0 Å². The molecule has 1 aromatic heterocycles. The number of pyridine rings is 1. The molecular weight excluding hydrogens is 277 g/mol. The van der Waals surface area contributed by atoms with Gasteiger partial charge in [0, 0.05) is 22.5 Å². The van der Waals surface area contributed by atoms with Gasteiger partial charge in [0.25, 0.3) is 0 Å². The number of hydrogen-bond donors (Lipinski definition) is 0. The molecule has 0 N–H and O–H groups in total. The average Bonchev–Trinajstić information content (AvgIpc) is 2.17. The molecule has 0 spiro atoms. The average molecular weight is 291 g/mol. The van der Waals surface area contributed by atoms with Crippen LogP contribution < -0.4 is 4.74 Å². The van der Waals surface area contributed by atoms with Crippen LogP contribution in [0.15, 0.2) is 18.5 Å². The molecule has 0 bridgehead atoms. The van der Waals surface area contributed by atoms with E-state index < -0.39 is 0 Å². The van der Waals surface area contributed by atoms with Crippen molar-refractivity contribution >= 4 is 27.5 Å². The van der Waals surface area contributed by atoms with Crippen LogP contribution in [0.2, 0.25) is 5.02 Å². The van der Waals surface area contributed by atoms with Crippen LogP contribution in [0.4, 0.5) is 0 Å². The first-order valence-electron chi connectivity index (χ1n) is 4.91. The monoisotopic (exact) mass is 289 g/mol. The SMILES string of the molecule is CC1(C)C(Br)CC1Oc1cncc(Cl)c1. The lowest BCUT2D eigenvalue weighted by molar-refractivity contribution is -0.00801. The van der Waals surface area contributed by atoms with Crippen LogP contribution in [0.3, 0.4) is 0 Å². The van der Waals surface area contributed by atoms with Crippen LogP contribution in [0.5, 0.6) is 5.75 Å². The molecule has 0 aliphatic heterocycles. The van der Waals surface area contributed by atoms with Crippen LogP contribution in [0.1, 0.15) is 20.3 Å².